The van der Waals surface area contributed by atoms with E-state index in [0.717, 1.165) is 13.1 Å². The lowest BCUT2D eigenvalue weighted by atomic mass is 10.2. The largest absolute Gasteiger partial charge is 0.396 e. The minimum Gasteiger partial charge on any atom is -0.396 e. The molecule has 0 amide bonds. The summed E-state index contributed by atoms with van der Waals surface area (Å²) in [6, 6.07) is 0. The zero-order valence-corrected chi connectivity index (χ0v) is 8.11. The highest BCUT2D eigenvalue weighted by Gasteiger charge is 2.12. The van der Waals surface area contributed by atoms with E-state index in [1.165, 1.54) is 19.5 Å². The Morgan fingerprint density at radius 1 is 1.36 bits per heavy atom. The molecule has 5 heteroatoms. The molecule has 1 aliphatic heterocycles. The van der Waals surface area contributed by atoms with Crippen LogP contribution in [0.3, 0.4) is 0 Å². The van der Waals surface area contributed by atoms with Crippen LogP contribution in [0.4, 0.5) is 11.6 Å². The molecule has 0 radical (unpaired) electrons. The molecular weight excluding hydrogens is 178 g/mol. The van der Waals surface area contributed by atoms with Crippen LogP contribution in [0.15, 0.2) is 12.4 Å². The summed E-state index contributed by atoms with van der Waals surface area (Å²) < 4.78 is 0. The maximum absolute atomic E-state index is 5.47. The van der Waals surface area contributed by atoms with Gasteiger partial charge in [0.1, 0.15) is 0 Å². The zero-order valence-electron chi connectivity index (χ0n) is 8.11. The maximum Gasteiger partial charge on any atom is 0.222 e. The number of hydrogen-bond donors (Lipinski definition) is 2. The normalized spacial score (nSPS) is 16.3. The van der Waals surface area contributed by atoms with Crippen LogP contribution in [0, 0.1) is 0 Å². The third kappa shape index (κ3) is 2.32. The van der Waals surface area contributed by atoms with Gasteiger partial charge in [-0.2, -0.15) is 0 Å². The number of nitrogens with one attached hydrogen (secondary N) is 1. The summed E-state index contributed by atoms with van der Waals surface area (Å²) in [5.41, 5.74) is 6.07. The van der Waals surface area contributed by atoms with Crippen LogP contribution >= 0.6 is 0 Å². The van der Waals surface area contributed by atoms with E-state index in [1.807, 2.05) is 0 Å². The van der Waals surface area contributed by atoms with E-state index >= 15 is 0 Å². The Kier molecular flexibility index (Phi) is 2.78. The molecule has 0 bridgehead atoms. The Balaban J connectivity index is 1.71. The van der Waals surface area contributed by atoms with Gasteiger partial charge in [0.2, 0.25) is 5.95 Å². The highest BCUT2D eigenvalue weighted by Crippen LogP contribution is 2.04. The van der Waals surface area contributed by atoms with Crippen molar-refractivity contribution in [2.45, 2.75) is 6.42 Å². The second-order valence-electron chi connectivity index (χ2n) is 3.46. The first kappa shape index (κ1) is 9.21. The Bertz CT molecular complexity index is 280. The van der Waals surface area contributed by atoms with Gasteiger partial charge in [-0.25, -0.2) is 9.97 Å². The molecule has 0 spiro atoms. The average molecular weight is 193 g/mol. The number of nitrogens with two attached hydrogens (primary N) is 1. The quantitative estimate of drug-likeness (QED) is 0.714. The SMILES string of the molecule is Nc1cnc(NCCN2CCC2)nc1. The second-order valence-corrected chi connectivity index (χ2v) is 3.46. The molecule has 5 nitrogen and oxygen atoms in total. The Labute approximate surface area is 83.3 Å². The van der Waals surface area contributed by atoms with Gasteiger partial charge in [-0.15, -0.1) is 0 Å². The van der Waals surface area contributed by atoms with Crippen molar-refractivity contribution in [2.24, 2.45) is 0 Å². The molecule has 3 N–H and O–H groups in total. The van der Waals surface area contributed by atoms with Crippen LogP contribution in [0.1, 0.15) is 6.42 Å². The molecule has 2 heterocycles. The molecule has 1 aliphatic rings. The number of aromatic nitrogens is 2. The molecule has 0 aromatic carbocycles. The molecule has 1 aromatic rings. The first-order valence-corrected chi connectivity index (χ1v) is 4.88. The summed E-state index contributed by atoms with van der Waals surface area (Å²) in [5, 5.41) is 3.15. The van der Waals surface area contributed by atoms with E-state index in [9.17, 15) is 0 Å². The Hall–Kier alpha value is -1.36. The number of rotatable bonds is 4. The standard InChI is InChI=1S/C9H15N5/c10-8-6-12-9(13-7-8)11-2-5-14-3-1-4-14/h6-7H,1-5,10H2,(H,11,12,13). The van der Waals surface area contributed by atoms with Crippen LogP contribution in [-0.2, 0) is 0 Å². The molecule has 1 saturated heterocycles. The predicted octanol–water partition coefficient (Wildman–Crippen LogP) is 0.176. The van der Waals surface area contributed by atoms with Gasteiger partial charge in [0.25, 0.3) is 0 Å². The third-order valence-electron chi connectivity index (χ3n) is 2.33. The van der Waals surface area contributed by atoms with Gasteiger partial charge in [-0.1, -0.05) is 0 Å². The second kappa shape index (κ2) is 4.23. The van der Waals surface area contributed by atoms with E-state index in [0.29, 0.717) is 11.6 Å². The predicted molar refractivity (Wildman–Crippen MR) is 56.0 cm³/mol. The highest BCUT2D eigenvalue weighted by atomic mass is 15.2. The van der Waals surface area contributed by atoms with Gasteiger partial charge in [0, 0.05) is 13.1 Å². The van der Waals surface area contributed by atoms with E-state index in [2.05, 4.69) is 20.2 Å². The molecule has 0 aliphatic carbocycles. The summed E-state index contributed by atoms with van der Waals surface area (Å²) in [6.45, 7) is 4.41. The van der Waals surface area contributed by atoms with Gasteiger partial charge >= 0.3 is 0 Å². The fourth-order valence-corrected chi connectivity index (χ4v) is 1.36. The van der Waals surface area contributed by atoms with E-state index < -0.39 is 0 Å². The lowest BCUT2D eigenvalue weighted by molar-refractivity contribution is 0.189. The summed E-state index contributed by atoms with van der Waals surface area (Å²) in [4.78, 5) is 10.5. The van der Waals surface area contributed by atoms with E-state index in [-0.39, 0.29) is 0 Å². The highest BCUT2D eigenvalue weighted by molar-refractivity contribution is 5.35. The minimum absolute atomic E-state index is 0.596. The van der Waals surface area contributed by atoms with Crippen molar-refractivity contribution in [1.82, 2.24) is 14.9 Å². The lowest BCUT2D eigenvalue weighted by Crippen LogP contribution is -2.40. The number of likely N-dealkylation sites (tertiary alicyclic amines) is 1. The lowest BCUT2D eigenvalue weighted by Gasteiger charge is -2.30. The van der Waals surface area contributed by atoms with Crippen molar-refractivity contribution >= 4 is 11.6 Å². The Morgan fingerprint density at radius 3 is 2.64 bits per heavy atom. The molecule has 0 saturated carbocycles. The fraction of sp³-hybridized carbons (Fsp3) is 0.556. The van der Waals surface area contributed by atoms with Crippen molar-refractivity contribution in [3.63, 3.8) is 0 Å². The van der Waals surface area contributed by atoms with Crippen molar-refractivity contribution < 1.29 is 0 Å². The molecule has 1 aromatic heterocycles. The van der Waals surface area contributed by atoms with Crippen LogP contribution in [-0.4, -0.2) is 41.0 Å². The van der Waals surface area contributed by atoms with Crippen LogP contribution in [0.2, 0.25) is 0 Å². The van der Waals surface area contributed by atoms with Gasteiger partial charge < -0.3 is 16.0 Å². The summed E-state index contributed by atoms with van der Waals surface area (Å²) in [6.07, 6.45) is 4.55. The summed E-state index contributed by atoms with van der Waals surface area (Å²) in [7, 11) is 0. The van der Waals surface area contributed by atoms with Crippen molar-refractivity contribution in [3.05, 3.63) is 12.4 Å². The fourth-order valence-electron chi connectivity index (χ4n) is 1.36. The number of hydrogen-bond acceptors (Lipinski definition) is 5. The first-order chi connectivity index (χ1) is 6.84. The van der Waals surface area contributed by atoms with E-state index in [4.69, 9.17) is 5.73 Å². The van der Waals surface area contributed by atoms with Crippen LogP contribution in [0.25, 0.3) is 0 Å². The third-order valence-corrected chi connectivity index (χ3v) is 2.33. The smallest absolute Gasteiger partial charge is 0.222 e. The zero-order chi connectivity index (χ0) is 9.80. The van der Waals surface area contributed by atoms with Crippen LogP contribution < -0.4 is 11.1 Å². The summed E-state index contributed by atoms with van der Waals surface area (Å²) >= 11 is 0. The molecule has 76 valence electrons. The van der Waals surface area contributed by atoms with Crippen molar-refractivity contribution in [1.29, 1.82) is 0 Å². The average Bonchev–Trinajstić information content (AvgIpc) is 2.12. The molecule has 2 rings (SSSR count). The monoisotopic (exact) mass is 193 g/mol. The number of nitrogens with zero attached hydrogens (tertiary/aromatic N) is 3. The van der Waals surface area contributed by atoms with Crippen molar-refractivity contribution in [3.8, 4) is 0 Å². The maximum atomic E-state index is 5.47. The topological polar surface area (TPSA) is 67.1 Å². The van der Waals surface area contributed by atoms with Gasteiger partial charge in [0.05, 0.1) is 18.1 Å². The molecule has 1 fully saturated rings. The van der Waals surface area contributed by atoms with E-state index in [1.54, 1.807) is 12.4 Å². The number of nitrogen functional groups attached to an aromatic ring is 1. The minimum atomic E-state index is 0.596. The summed E-state index contributed by atoms with van der Waals surface area (Å²) in [5.74, 6) is 0.653. The molecule has 14 heavy (non-hydrogen) atoms. The van der Waals surface area contributed by atoms with Gasteiger partial charge in [-0.05, 0) is 19.5 Å². The number of anilines is 2. The van der Waals surface area contributed by atoms with Crippen molar-refractivity contribution in [2.75, 3.05) is 37.2 Å². The Morgan fingerprint density at radius 2 is 2.07 bits per heavy atom. The molecular formula is C9H15N5. The molecule has 0 atom stereocenters. The van der Waals surface area contributed by atoms with Gasteiger partial charge in [-0.3, -0.25) is 0 Å². The molecule has 0 unspecified atom stereocenters. The van der Waals surface area contributed by atoms with Gasteiger partial charge in [0.15, 0.2) is 0 Å². The first-order valence-electron chi connectivity index (χ1n) is 4.88. The van der Waals surface area contributed by atoms with Crippen LogP contribution in [0.5, 0.6) is 0 Å².